The Morgan fingerprint density at radius 1 is 1.24 bits per heavy atom. The first kappa shape index (κ1) is 18.4. The highest BCUT2D eigenvalue weighted by atomic mass is 16.2. The fraction of sp³-hybridized carbons (Fsp3) is 0.941. The van der Waals surface area contributed by atoms with Crippen LogP contribution in [0.3, 0.4) is 0 Å². The van der Waals surface area contributed by atoms with Crippen LogP contribution >= 0.6 is 0 Å². The fourth-order valence-corrected chi connectivity index (χ4v) is 3.16. The highest BCUT2D eigenvalue weighted by Gasteiger charge is 2.28. The van der Waals surface area contributed by atoms with E-state index in [0.717, 1.165) is 25.9 Å². The second kappa shape index (κ2) is 10.2. The number of nitrogens with two attached hydrogens (primary N) is 1. The van der Waals surface area contributed by atoms with Crippen LogP contribution in [-0.4, -0.2) is 42.5 Å². The van der Waals surface area contributed by atoms with Crippen LogP contribution in [0.5, 0.6) is 0 Å². The minimum absolute atomic E-state index is 0.0354. The second-order valence-corrected chi connectivity index (χ2v) is 6.82. The largest absolute Gasteiger partial charge is 0.355 e. The average Bonchev–Trinajstić information content (AvgIpc) is 2.48. The maximum atomic E-state index is 12.4. The van der Waals surface area contributed by atoms with Crippen LogP contribution in [0.25, 0.3) is 0 Å². The van der Waals surface area contributed by atoms with Crippen molar-refractivity contribution in [2.45, 2.75) is 77.8 Å². The quantitative estimate of drug-likeness (QED) is 0.687. The van der Waals surface area contributed by atoms with Gasteiger partial charge in [0.25, 0.3) is 0 Å². The molecule has 4 heteroatoms. The number of amides is 1. The van der Waals surface area contributed by atoms with Gasteiger partial charge in [0.2, 0.25) is 5.91 Å². The number of carbonyl (C=O) groups is 1. The molecule has 1 fully saturated rings. The van der Waals surface area contributed by atoms with Gasteiger partial charge in [-0.25, -0.2) is 0 Å². The summed E-state index contributed by atoms with van der Waals surface area (Å²) >= 11 is 0. The van der Waals surface area contributed by atoms with Crippen molar-refractivity contribution < 1.29 is 4.79 Å². The molecule has 1 amide bonds. The highest BCUT2D eigenvalue weighted by Crippen LogP contribution is 2.24. The summed E-state index contributed by atoms with van der Waals surface area (Å²) in [6.07, 6.45) is 8.42. The number of hydrogen-bond acceptors (Lipinski definition) is 3. The second-order valence-electron chi connectivity index (χ2n) is 6.82. The molecule has 3 N–H and O–H groups in total. The molecule has 0 saturated heterocycles. The Morgan fingerprint density at radius 2 is 1.90 bits per heavy atom. The standard InChI is InChI=1S/C17H35N3O/c1-14(2)10-12-19-17(21)15(3)20(13-7-11-18)16-8-5-4-6-9-16/h14-16H,4-13,18H2,1-3H3,(H,19,21). The molecule has 0 radical (unpaired) electrons. The van der Waals surface area contributed by atoms with E-state index in [0.29, 0.717) is 18.5 Å². The third kappa shape index (κ3) is 6.79. The lowest BCUT2D eigenvalue weighted by molar-refractivity contribution is -0.127. The van der Waals surface area contributed by atoms with E-state index in [1.54, 1.807) is 0 Å². The minimum atomic E-state index is -0.0354. The number of nitrogens with one attached hydrogen (secondary N) is 1. The zero-order valence-corrected chi connectivity index (χ0v) is 14.2. The first-order chi connectivity index (χ1) is 10.1. The van der Waals surface area contributed by atoms with Crippen molar-refractivity contribution in [3.05, 3.63) is 0 Å². The summed E-state index contributed by atoms with van der Waals surface area (Å²) in [6, 6.07) is 0.531. The Balaban J connectivity index is 2.52. The highest BCUT2D eigenvalue weighted by molar-refractivity contribution is 5.81. The molecule has 21 heavy (non-hydrogen) atoms. The van der Waals surface area contributed by atoms with Crippen LogP contribution < -0.4 is 11.1 Å². The van der Waals surface area contributed by atoms with E-state index in [2.05, 4.69) is 31.0 Å². The molecule has 0 aromatic carbocycles. The third-order valence-corrected chi connectivity index (χ3v) is 4.56. The molecule has 1 rings (SSSR count). The smallest absolute Gasteiger partial charge is 0.237 e. The van der Waals surface area contributed by atoms with Crippen LogP contribution in [0.2, 0.25) is 0 Å². The molecule has 1 aliphatic carbocycles. The van der Waals surface area contributed by atoms with Crippen LogP contribution in [0.15, 0.2) is 0 Å². The van der Waals surface area contributed by atoms with Crippen molar-refractivity contribution in [1.29, 1.82) is 0 Å². The van der Waals surface area contributed by atoms with Crippen molar-refractivity contribution in [2.75, 3.05) is 19.6 Å². The van der Waals surface area contributed by atoms with E-state index >= 15 is 0 Å². The lowest BCUT2D eigenvalue weighted by atomic mass is 9.93. The third-order valence-electron chi connectivity index (χ3n) is 4.56. The Bertz CT molecular complexity index is 288. The number of carbonyl (C=O) groups excluding carboxylic acids is 1. The van der Waals surface area contributed by atoms with Crippen molar-refractivity contribution in [3.63, 3.8) is 0 Å². The van der Waals surface area contributed by atoms with E-state index in [4.69, 9.17) is 5.73 Å². The van der Waals surface area contributed by atoms with E-state index in [9.17, 15) is 4.79 Å². The van der Waals surface area contributed by atoms with Crippen molar-refractivity contribution >= 4 is 5.91 Å². The van der Waals surface area contributed by atoms with Gasteiger partial charge in [0.05, 0.1) is 6.04 Å². The molecule has 0 aromatic heterocycles. The van der Waals surface area contributed by atoms with Gasteiger partial charge in [-0.2, -0.15) is 0 Å². The van der Waals surface area contributed by atoms with Gasteiger partial charge in [0.1, 0.15) is 0 Å². The average molecular weight is 297 g/mol. The normalized spacial score (nSPS) is 18.2. The summed E-state index contributed by atoms with van der Waals surface area (Å²) in [6.45, 7) is 8.85. The Morgan fingerprint density at radius 3 is 2.48 bits per heavy atom. The fourth-order valence-electron chi connectivity index (χ4n) is 3.16. The van der Waals surface area contributed by atoms with Gasteiger partial charge < -0.3 is 11.1 Å². The van der Waals surface area contributed by atoms with Crippen molar-refractivity contribution in [3.8, 4) is 0 Å². The summed E-state index contributed by atoms with van der Waals surface area (Å²) in [7, 11) is 0. The van der Waals surface area contributed by atoms with Crippen LogP contribution in [0.1, 0.15) is 65.7 Å². The van der Waals surface area contributed by atoms with Crippen LogP contribution in [0.4, 0.5) is 0 Å². The number of hydrogen-bond donors (Lipinski definition) is 2. The Labute approximate surface area is 130 Å². The predicted molar refractivity (Wildman–Crippen MR) is 89.2 cm³/mol. The molecule has 4 nitrogen and oxygen atoms in total. The first-order valence-electron chi connectivity index (χ1n) is 8.79. The SMILES string of the molecule is CC(C)CCNC(=O)C(C)N(CCCN)C1CCCCC1. The van der Waals surface area contributed by atoms with E-state index in [1.807, 2.05) is 0 Å². The lowest BCUT2D eigenvalue weighted by Crippen LogP contribution is -2.51. The molecule has 1 saturated carbocycles. The molecule has 1 atom stereocenters. The lowest BCUT2D eigenvalue weighted by Gasteiger charge is -2.38. The van der Waals surface area contributed by atoms with Gasteiger partial charge in [0.15, 0.2) is 0 Å². The molecule has 124 valence electrons. The predicted octanol–water partition coefficient (Wildman–Crippen LogP) is 2.52. The Hall–Kier alpha value is -0.610. The first-order valence-corrected chi connectivity index (χ1v) is 8.79. The van der Waals surface area contributed by atoms with Crippen LogP contribution in [-0.2, 0) is 4.79 Å². The maximum absolute atomic E-state index is 12.4. The molecule has 0 heterocycles. The summed E-state index contributed by atoms with van der Waals surface area (Å²) in [5.74, 6) is 0.811. The zero-order valence-electron chi connectivity index (χ0n) is 14.2. The van der Waals surface area contributed by atoms with Gasteiger partial charge in [-0.05, 0) is 45.1 Å². The van der Waals surface area contributed by atoms with Crippen LogP contribution in [0, 0.1) is 5.92 Å². The van der Waals surface area contributed by atoms with Crippen molar-refractivity contribution in [2.24, 2.45) is 11.7 Å². The van der Waals surface area contributed by atoms with Gasteiger partial charge in [0, 0.05) is 19.1 Å². The van der Waals surface area contributed by atoms with Gasteiger partial charge >= 0.3 is 0 Å². The molecule has 0 aliphatic heterocycles. The summed E-state index contributed by atoms with van der Waals surface area (Å²) in [4.78, 5) is 14.8. The number of nitrogens with zero attached hydrogens (tertiary/aromatic N) is 1. The maximum Gasteiger partial charge on any atom is 0.237 e. The van der Waals surface area contributed by atoms with Gasteiger partial charge in [-0.3, -0.25) is 9.69 Å². The number of rotatable bonds is 9. The zero-order chi connectivity index (χ0) is 15.7. The van der Waals surface area contributed by atoms with E-state index in [1.165, 1.54) is 32.1 Å². The monoisotopic (exact) mass is 297 g/mol. The molecular formula is C17H35N3O. The van der Waals surface area contributed by atoms with Crippen molar-refractivity contribution in [1.82, 2.24) is 10.2 Å². The molecule has 1 unspecified atom stereocenters. The van der Waals surface area contributed by atoms with E-state index < -0.39 is 0 Å². The molecule has 1 aliphatic rings. The molecule has 0 spiro atoms. The molecular weight excluding hydrogens is 262 g/mol. The summed E-state index contributed by atoms with van der Waals surface area (Å²) in [5, 5.41) is 3.10. The topological polar surface area (TPSA) is 58.4 Å². The molecule has 0 bridgehead atoms. The summed E-state index contributed by atoms with van der Waals surface area (Å²) in [5.41, 5.74) is 5.67. The van der Waals surface area contributed by atoms with Gasteiger partial charge in [-0.15, -0.1) is 0 Å². The van der Waals surface area contributed by atoms with Gasteiger partial charge in [-0.1, -0.05) is 33.1 Å². The minimum Gasteiger partial charge on any atom is -0.355 e. The summed E-state index contributed by atoms with van der Waals surface area (Å²) < 4.78 is 0. The molecule has 0 aromatic rings. The Kier molecular flexibility index (Phi) is 8.93. The van der Waals surface area contributed by atoms with E-state index in [-0.39, 0.29) is 11.9 Å².